The molecule has 4 fully saturated rings. The zero-order chi connectivity index (χ0) is 88.0. The van der Waals surface area contributed by atoms with Crippen LogP contribution in [0.25, 0.3) is 0 Å². The zero-order valence-corrected chi connectivity index (χ0v) is 72.3. The summed E-state index contributed by atoms with van der Waals surface area (Å²) in [6.07, 6.45) is -30.1. The molecule has 0 aliphatic carbocycles. The van der Waals surface area contributed by atoms with Crippen molar-refractivity contribution < 1.29 is 119 Å². The normalized spacial score (nSPS) is 25.2. The lowest BCUT2D eigenvalue weighted by molar-refractivity contribution is -0.391. The van der Waals surface area contributed by atoms with Gasteiger partial charge in [-0.15, -0.1) is 0 Å². The fourth-order valence-corrected chi connectivity index (χ4v) is 15.2. The molecular weight excluding hydrogens is 1690 g/mol. The smallest absolute Gasteiger partial charge is 0.303 e. The van der Waals surface area contributed by atoms with E-state index in [9.17, 15) is 24.6 Å². The molecule has 0 aromatic heterocycles. The summed E-state index contributed by atoms with van der Waals surface area (Å²) in [6.45, 7) is 3.30. The maximum absolute atomic E-state index is 13.8. The molecule has 9 aromatic carbocycles. The SMILES string of the molecule is CC(=O)OC[C@@H](OC(C)=O)[C@@H]1O[C@@H](O[C@@H]2[C@H](O[C@H]3O[C@H](COCc4ccccc4)[C@@H](OCc4ccccc4)[C@H](O[C@@H]4O[C@@H]([C@@H](COCc5ccccc5)OCc5ccccc5)[C@H](OCc5ccccc5)[C@H]4OCc4ccccc4)[C@@H]3OCc3ccccc3)[C@@H](OC(=N)C(Cl)(Cl)Cl)O[C@H](COCc3ccccc3)[C@H]2OCc2ccccc2)[C@H](OC(C)=O)[C@H]1OC(C)=O. The molecule has 126 heavy (non-hydrogen) atoms. The highest BCUT2D eigenvalue weighted by molar-refractivity contribution is 6.76. The Morgan fingerprint density at radius 1 is 0.310 bits per heavy atom. The van der Waals surface area contributed by atoms with E-state index >= 15 is 0 Å². The van der Waals surface area contributed by atoms with Crippen LogP contribution in [-0.4, -0.2) is 183 Å². The van der Waals surface area contributed by atoms with Crippen LogP contribution in [0.5, 0.6) is 0 Å². The molecule has 0 bridgehead atoms. The first-order valence-corrected chi connectivity index (χ1v) is 42.8. The Bertz CT molecular complexity index is 4740. The van der Waals surface area contributed by atoms with Gasteiger partial charge in [0.2, 0.25) is 12.2 Å². The Morgan fingerprint density at radius 2 is 0.619 bits per heavy atom. The molecule has 26 nitrogen and oxygen atoms in total. The highest BCUT2D eigenvalue weighted by Crippen LogP contribution is 2.43. The minimum absolute atomic E-state index is 0.0171. The van der Waals surface area contributed by atoms with Gasteiger partial charge in [-0.1, -0.05) is 308 Å². The molecule has 4 aliphatic heterocycles. The predicted molar refractivity (Wildman–Crippen MR) is 460 cm³/mol. The van der Waals surface area contributed by atoms with Crippen LogP contribution in [0.2, 0.25) is 0 Å². The zero-order valence-electron chi connectivity index (χ0n) is 70.1. The van der Waals surface area contributed by atoms with Gasteiger partial charge in [0.1, 0.15) is 79.9 Å². The summed E-state index contributed by atoms with van der Waals surface area (Å²) in [4.78, 5) is 53.2. The van der Waals surface area contributed by atoms with Gasteiger partial charge in [0.15, 0.2) is 43.3 Å². The van der Waals surface area contributed by atoms with E-state index in [0.717, 1.165) is 66.6 Å². The van der Waals surface area contributed by atoms with Crippen molar-refractivity contribution >= 4 is 64.6 Å². The van der Waals surface area contributed by atoms with Crippen molar-refractivity contribution in [3.63, 3.8) is 0 Å². The van der Waals surface area contributed by atoms with Gasteiger partial charge < -0.3 is 99.5 Å². The van der Waals surface area contributed by atoms with Gasteiger partial charge in [-0.05, 0) is 50.1 Å². The number of halogens is 3. The monoisotopic (exact) mass is 1790 g/mol. The number of esters is 4. The fraction of sp³-hybridized carbons (Fsp3) is 0.392. The highest BCUT2D eigenvalue weighted by Gasteiger charge is 2.62. The van der Waals surface area contributed by atoms with Gasteiger partial charge in [0.05, 0.1) is 79.3 Å². The van der Waals surface area contributed by atoms with Crippen molar-refractivity contribution in [3.8, 4) is 0 Å². The summed E-state index contributed by atoms with van der Waals surface area (Å²) in [5.74, 6) is -4.44. The minimum Gasteiger partial charge on any atom is -0.462 e. The molecule has 4 heterocycles. The number of ether oxygens (including phenoxy) is 21. The maximum atomic E-state index is 13.8. The van der Waals surface area contributed by atoms with E-state index in [0.29, 0.717) is 11.1 Å². The quantitative estimate of drug-likeness (QED) is 0.0122. The third kappa shape index (κ3) is 28.0. The predicted octanol–water partition coefficient (Wildman–Crippen LogP) is 14.9. The molecule has 20 atom stereocenters. The lowest BCUT2D eigenvalue weighted by Gasteiger charge is -2.50. The fourth-order valence-electron chi connectivity index (χ4n) is 15.1. The maximum Gasteiger partial charge on any atom is 0.303 e. The van der Waals surface area contributed by atoms with Crippen LogP contribution in [0.3, 0.4) is 0 Å². The number of rotatable bonds is 44. The number of alkyl halides is 3. The second-order valence-electron chi connectivity index (χ2n) is 30.5. The number of carbonyl (C=O) groups is 4. The third-order valence-electron chi connectivity index (χ3n) is 21.0. The number of benzene rings is 9. The van der Waals surface area contributed by atoms with Crippen molar-refractivity contribution in [3.05, 3.63) is 323 Å². The second-order valence-corrected chi connectivity index (χ2v) is 32.8. The summed E-state index contributed by atoms with van der Waals surface area (Å²) < 4.78 is 143. The molecule has 0 spiro atoms. The van der Waals surface area contributed by atoms with Crippen molar-refractivity contribution in [1.29, 1.82) is 5.41 Å². The molecule has 29 heteroatoms. The Morgan fingerprint density at radius 3 is 1.00 bits per heavy atom. The van der Waals surface area contributed by atoms with Crippen molar-refractivity contribution in [2.45, 2.75) is 214 Å². The van der Waals surface area contributed by atoms with Crippen molar-refractivity contribution in [1.82, 2.24) is 0 Å². The Kier molecular flexibility index (Phi) is 36.0. The second kappa shape index (κ2) is 48.1. The first kappa shape index (κ1) is 94.2. The number of hydrogen-bond donors (Lipinski definition) is 1. The summed E-state index contributed by atoms with van der Waals surface area (Å²) in [5, 5.41) is 9.49. The molecule has 9 aromatic rings. The van der Waals surface area contributed by atoms with Crippen LogP contribution in [0.4, 0.5) is 0 Å². The lowest BCUT2D eigenvalue weighted by Crippen LogP contribution is -2.67. The number of nitrogens with one attached hydrogen (secondary N) is 1. The first-order valence-electron chi connectivity index (χ1n) is 41.7. The first-order chi connectivity index (χ1) is 61.3. The molecule has 0 saturated carbocycles. The van der Waals surface area contributed by atoms with E-state index in [2.05, 4.69) is 0 Å². The van der Waals surface area contributed by atoms with E-state index < -0.39 is 163 Å². The summed E-state index contributed by atoms with van der Waals surface area (Å²) in [7, 11) is 0. The molecule has 13 rings (SSSR count). The van der Waals surface area contributed by atoms with E-state index in [-0.39, 0.29) is 79.3 Å². The van der Waals surface area contributed by atoms with E-state index in [1.165, 1.54) is 0 Å². The van der Waals surface area contributed by atoms with E-state index in [1.807, 2.05) is 273 Å². The standard InChI is InChI=1S/C97H104Cl3NO25/c1-63(102)109-62-79(116-64(2)103)83-87(117-65(3)104)90(118-66(4)105)95(122-83)124-86-81(112-55-72-42-24-10-25-43-72)78(61-108-52-69-36-18-7-19-37-69)120-94(126-96(101)97(98,99)100)91(86)125-92-89(115-58-75-48-30-13-31-49-75)85(80(111-54-71-40-22-9-23-41-71)77(119-92)60-107-51-68-34-16-6-17-35-68)123-93-88(114-57-74-46-28-12-29-47-74)84(113-56-73-44-26-11-27-45-73)82(121-93)76(110-53-70-38-20-8-21-39-70)59-106-50-67-32-14-5-15-33-67/h5-49,76-95,101H,50-62H2,1-4H3/t76-,77-,78-,79-,80-,81-,82+,83+,84+,85+,86+,87+,88-,89+,90-,91+,92-,93+,94-,95+/m1/s1. The summed E-state index contributed by atoms with van der Waals surface area (Å²) in [5.41, 5.74) is 7.10. The number of carbonyl (C=O) groups excluding carboxylic acids is 4. The average Bonchev–Trinajstić information content (AvgIpc) is 1.33. The van der Waals surface area contributed by atoms with Gasteiger partial charge in [0, 0.05) is 27.7 Å². The van der Waals surface area contributed by atoms with E-state index in [4.69, 9.17) is 134 Å². The van der Waals surface area contributed by atoms with Crippen molar-refractivity contribution in [2.75, 3.05) is 26.4 Å². The summed E-state index contributed by atoms with van der Waals surface area (Å²) >= 11 is 20.0. The van der Waals surface area contributed by atoms with E-state index in [1.54, 1.807) is 0 Å². The molecule has 0 unspecified atom stereocenters. The summed E-state index contributed by atoms with van der Waals surface area (Å²) in [6, 6.07) is 85.6. The molecule has 0 amide bonds. The number of hydrogen-bond acceptors (Lipinski definition) is 26. The topological polar surface area (TPSA) is 286 Å². The van der Waals surface area contributed by atoms with Crippen LogP contribution < -0.4 is 0 Å². The van der Waals surface area contributed by atoms with Gasteiger partial charge in [0.25, 0.3) is 3.79 Å². The molecule has 4 aliphatic rings. The highest BCUT2D eigenvalue weighted by atomic mass is 35.6. The van der Waals surface area contributed by atoms with Gasteiger partial charge in [-0.3, -0.25) is 24.6 Å². The van der Waals surface area contributed by atoms with Gasteiger partial charge in [-0.25, -0.2) is 0 Å². The Labute approximate surface area is 747 Å². The molecule has 668 valence electrons. The molecule has 0 radical (unpaired) electrons. The largest absolute Gasteiger partial charge is 0.462 e. The third-order valence-corrected chi connectivity index (χ3v) is 21.5. The molecular formula is C97H104Cl3NO25. The Balaban J connectivity index is 1.00. The van der Waals surface area contributed by atoms with Gasteiger partial charge >= 0.3 is 23.9 Å². The molecule has 4 saturated heterocycles. The van der Waals surface area contributed by atoms with Crippen molar-refractivity contribution in [2.24, 2.45) is 0 Å². The van der Waals surface area contributed by atoms with Gasteiger partial charge in [-0.2, -0.15) is 0 Å². The van der Waals surface area contributed by atoms with Crippen LogP contribution in [-0.2, 0) is 178 Å². The average molecular weight is 1790 g/mol. The van der Waals surface area contributed by atoms with Crippen LogP contribution in [0.1, 0.15) is 77.8 Å². The Hall–Kier alpha value is -9.44. The lowest BCUT2D eigenvalue weighted by atomic mass is 9.95. The molecule has 1 N–H and O–H groups in total. The van der Waals surface area contributed by atoms with Crippen LogP contribution >= 0.6 is 34.8 Å². The van der Waals surface area contributed by atoms with Crippen LogP contribution in [0.15, 0.2) is 273 Å². The minimum atomic E-state index is -2.61. The van der Waals surface area contributed by atoms with Crippen LogP contribution in [0, 0.1) is 5.41 Å².